The van der Waals surface area contributed by atoms with Crippen molar-refractivity contribution in [2.45, 2.75) is 13.1 Å². The molecule has 0 atom stereocenters. The SMILES string of the molecule is CCOC(=O)c1cnn(-c2ccc(NC(=O)c3ncoc3-c3cccs3)cc2)c1C(F)(F)F. The van der Waals surface area contributed by atoms with E-state index in [-0.39, 0.29) is 18.0 Å². The molecule has 8 nitrogen and oxygen atoms in total. The number of carbonyl (C=O) groups excluding carboxylic acids is 2. The number of nitrogens with zero attached hydrogens (tertiary/aromatic N) is 3. The van der Waals surface area contributed by atoms with Gasteiger partial charge in [0.25, 0.3) is 5.91 Å². The van der Waals surface area contributed by atoms with Crippen LogP contribution in [-0.4, -0.2) is 33.2 Å². The fourth-order valence-electron chi connectivity index (χ4n) is 3.04. The van der Waals surface area contributed by atoms with Gasteiger partial charge in [0.1, 0.15) is 5.56 Å². The van der Waals surface area contributed by atoms with Crippen LogP contribution in [0.5, 0.6) is 0 Å². The molecule has 3 heterocycles. The van der Waals surface area contributed by atoms with E-state index in [0.717, 1.165) is 17.5 Å². The number of amides is 1. The average Bonchev–Trinajstić information content (AvgIpc) is 3.53. The van der Waals surface area contributed by atoms with Crippen LogP contribution in [0.2, 0.25) is 0 Å². The highest BCUT2D eigenvalue weighted by Gasteiger charge is 2.41. The van der Waals surface area contributed by atoms with E-state index < -0.39 is 29.3 Å². The second-order valence-electron chi connectivity index (χ2n) is 6.55. The van der Waals surface area contributed by atoms with Gasteiger partial charge in [-0.25, -0.2) is 14.5 Å². The van der Waals surface area contributed by atoms with Crippen molar-refractivity contribution < 1.29 is 31.9 Å². The molecule has 4 aromatic rings. The standard InChI is InChI=1S/C21H15F3N4O4S/c1-2-31-20(30)14-10-26-28(18(14)21(22,23)24)13-7-5-12(6-8-13)27-19(29)16-17(32-11-25-16)15-4-3-9-33-15/h3-11H,2H2,1H3,(H,27,29). The molecular formula is C21H15F3N4O4S. The molecule has 1 N–H and O–H groups in total. The summed E-state index contributed by atoms with van der Waals surface area (Å²) in [5, 5.41) is 8.17. The maximum Gasteiger partial charge on any atom is 0.434 e. The lowest BCUT2D eigenvalue weighted by Gasteiger charge is -2.13. The highest BCUT2D eigenvalue weighted by Crippen LogP contribution is 2.34. The van der Waals surface area contributed by atoms with Crippen molar-refractivity contribution in [1.29, 1.82) is 0 Å². The van der Waals surface area contributed by atoms with Gasteiger partial charge in [-0.1, -0.05) is 6.07 Å². The van der Waals surface area contributed by atoms with Gasteiger partial charge in [0.05, 0.1) is 23.4 Å². The van der Waals surface area contributed by atoms with Crippen molar-refractivity contribution >= 4 is 28.9 Å². The van der Waals surface area contributed by atoms with Gasteiger partial charge >= 0.3 is 12.1 Å². The molecule has 170 valence electrons. The minimum absolute atomic E-state index is 0.0385. The zero-order valence-electron chi connectivity index (χ0n) is 16.9. The first kappa shape index (κ1) is 22.3. The van der Waals surface area contributed by atoms with Crippen LogP contribution in [-0.2, 0) is 10.9 Å². The molecule has 4 rings (SSSR count). The van der Waals surface area contributed by atoms with E-state index in [0.29, 0.717) is 16.1 Å². The molecule has 1 amide bonds. The maximum absolute atomic E-state index is 13.7. The van der Waals surface area contributed by atoms with Gasteiger partial charge < -0.3 is 14.5 Å². The predicted octanol–water partition coefficient (Wildman–Crippen LogP) is 5.04. The Labute approximate surface area is 188 Å². The first-order valence-corrected chi connectivity index (χ1v) is 10.4. The molecule has 0 aliphatic heterocycles. The number of halogens is 3. The third-order valence-corrected chi connectivity index (χ3v) is 5.30. The zero-order chi connectivity index (χ0) is 23.6. The topological polar surface area (TPSA) is 99.2 Å². The number of benzene rings is 1. The Bertz CT molecular complexity index is 1280. The van der Waals surface area contributed by atoms with Crippen molar-refractivity contribution in [1.82, 2.24) is 14.8 Å². The van der Waals surface area contributed by atoms with Gasteiger partial charge in [0.15, 0.2) is 23.5 Å². The van der Waals surface area contributed by atoms with E-state index in [1.807, 2.05) is 5.38 Å². The smallest absolute Gasteiger partial charge is 0.434 e. The number of esters is 1. The summed E-state index contributed by atoms with van der Waals surface area (Å²) in [7, 11) is 0. The summed E-state index contributed by atoms with van der Waals surface area (Å²) in [6, 6.07) is 9.06. The van der Waals surface area contributed by atoms with Gasteiger partial charge in [-0.15, -0.1) is 11.3 Å². The molecule has 33 heavy (non-hydrogen) atoms. The minimum atomic E-state index is -4.85. The van der Waals surface area contributed by atoms with Gasteiger partial charge in [-0.2, -0.15) is 18.3 Å². The summed E-state index contributed by atoms with van der Waals surface area (Å²) in [5.41, 5.74) is -1.51. The Hall–Kier alpha value is -3.93. The lowest BCUT2D eigenvalue weighted by Crippen LogP contribution is -2.18. The molecule has 12 heteroatoms. The first-order valence-electron chi connectivity index (χ1n) is 9.51. The van der Waals surface area contributed by atoms with Crippen molar-refractivity contribution in [3.8, 4) is 16.3 Å². The Morgan fingerprint density at radius 3 is 2.61 bits per heavy atom. The molecule has 0 bridgehead atoms. The number of anilines is 1. The normalized spacial score (nSPS) is 11.4. The number of ether oxygens (including phenoxy) is 1. The van der Waals surface area contributed by atoms with Crippen molar-refractivity contribution in [3.63, 3.8) is 0 Å². The molecule has 0 aliphatic rings. The fourth-order valence-corrected chi connectivity index (χ4v) is 3.75. The van der Waals surface area contributed by atoms with Gasteiger partial charge in [0, 0.05) is 5.69 Å². The summed E-state index contributed by atoms with van der Waals surface area (Å²) in [6.07, 6.45) is -2.88. The number of thiophene rings is 1. The summed E-state index contributed by atoms with van der Waals surface area (Å²) >= 11 is 1.38. The summed E-state index contributed by atoms with van der Waals surface area (Å²) in [5.74, 6) is -1.34. The molecule has 0 spiro atoms. The second-order valence-corrected chi connectivity index (χ2v) is 7.49. The highest BCUT2D eigenvalue weighted by molar-refractivity contribution is 7.13. The number of carbonyl (C=O) groups is 2. The van der Waals surface area contributed by atoms with Crippen molar-refractivity contribution in [3.05, 3.63) is 71.3 Å². The molecule has 0 fully saturated rings. The fraction of sp³-hybridized carbons (Fsp3) is 0.143. The number of hydrogen-bond acceptors (Lipinski definition) is 7. The Kier molecular flexibility index (Phi) is 6.01. The van der Waals surface area contributed by atoms with E-state index in [1.165, 1.54) is 42.5 Å². The molecule has 0 saturated carbocycles. The van der Waals surface area contributed by atoms with E-state index >= 15 is 0 Å². The minimum Gasteiger partial charge on any atom is -0.462 e. The monoisotopic (exact) mass is 476 g/mol. The van der Waals surface area contributed by atoms with Gasteiger partial charge in [-0.05, 0) is 42.6 Å². The number of hydrogen-bond donors (Lipinski definition) is 1. The van der Waals surface area contributed by atoms with Crippen LogP contribution in [0, 0.1) is 0 Å². The first-order chi connectivity index (χ1) is 15.8. The highest BCUT2D eigenvalue weighted by atomic mass is 32.1. The van der Waals surface area contributed by atoms with E-state index in [2.05, 4.69) is 15.4 Å². The van der Waals surface area contributed by atoms with Crippen molar-refractivity contribution in [2.24, 2.45) is 0 Å². The molecule has 3 aromatic heterocycles. The predicted molar refractivity (Wildman–Crippen MR) is 112 cm³/mol. The maximum atomic E-state index is 13.7. The Morgan fingerprint density at radius 1 is 1.21 bits per heavy atom. The number of nitrogens with one attached hydrogen (secondary N) is 1. The Balaban J connectivity index is 1.58. The van der Waals surface area contributed by atoms with Crippen LogP contribution >= 0.6 is 11.3 Å². The molecule has 0 unspecified atom stereocenters. The van der Waals surface area contributed by atoms with Crippen LogP contribution in [0.25, 0.3) is 16.3 Å². The summed E-state index contributed by atoms with van der Waals surface area (Å²) in [6.45, 7) is 1.42. The molecular weight excluding hydrogens is 461 g/mol. The van der Waals surface area contributed by atoms with E-state index in [1.54, 1.807) is 12.1 Å². The van der Waals surface area contributed by atoms with Crippen LogP contribution in [0.15, 0.2) is 58.8 Å². The van der Waals surface area contributed by atoms with Crippen molar-refractivity contribution in [2.75, 3.05) is 11.9 Å². The quantitative estimate of drug-likeness (QED) is 0.392. The van der Waals surface area contributed by atoms with Crippen LogP contribution in [0.4, 0.5) is 18.9 Å². The number of aromatic nitrogens is 3. The Morgan fingerprint density at radius 2 is 1.97 bits per heavy atom. The third-order valence-electron chi connectivity index (χ3n) is 4.43. The molecule has 0 aliphatic carbocycles. The van der Waals surface area contributed by atoms with Crippen LogP contribution in [0.1, 0.15) is 33.5 Å². The lowest BCUT2D eigenvalue weighted by molar-refractivity contribution is -0.143. The second kappa shape index (κ2) is 8.90. The number of oxazole rings is 1. The van der Waals surface area contributed by atoms with E-state index in [4.69, 9.17) is 9.15 Å². The summed E-state index contributed by atoms with van der Waals surface area (Å²) < 4.78 is 51.6. The van der Waals surface area contributed by atoms with E-state index in [9.17, 15) is 22.8 Å². The largest absolute Gasteiger partial charge is 0.462 e. The average molecular weight is 476 g/mol. The number of alkyl halides is 3. The lowest BCUT2D eigenvalue weighted by atomic mass is 10.2. The molecule has 1 aromatic carbocycles. The van der Waals surface area contributed by atoms with Crippen LogP contribution in [0.3, 0.4) is 0 Å². The molecule has 0 radical (unpaired) electrons. The number of rotatable bonds is 6. The van der Waals surface area contributed by atoms with Gasteiger partial charge in [0.2, 0.25) is 0 Å². The van der Waals surface area contributed by atoms with Crippen LogP contribution < -0.4 is 5.32 Å². The zero-order valence-corrected chi connectivity index (χ0v) is 17.7. The van der Waals surface area contributed by atoms with Gasteiger partial charge in [-0.3, -0.25) is 4.79 Å². The summed E-state index contributed by atoms with van der Waals surface area (Å²) in [4.78, 5) is 29.2. The third kappa shape index (κ3) is 4.51. The molecule has 0 saturated heterocycles.